The second-order valence-electron chi connectivity index (χ2n) is 9.19. The molecule has 0 aliphatic carbocycles. The number of benzene rings is 1. The lowest BCUT2D eigenvalue weighted by atomic mass is 9.86. The van der Waals surface area contributed by atoms with Crippen molar-refractivity contribution < 1.29 is 18.7 Å². The smallest absolute Gasteiger partial charge is 0.289 e. The van der Waals surface area contributed by atoms with Gasteiger partial charge in [-0.25, -0.2) is 0 Å². The van der Waals surface area contributed by atoms with E-state index in [0.717, 1.165) is 30.9 Å². The lowest BCUT2D eigenvalue weighted by Gasteiger charge is -2.33. The molecule has 0 radical (unpaired) electrons. The van der Waals surface area contributed by atoms with Gasteiger partial charge in [-0.05, 0) is 41.8 Å². The number of furan rings is 1. The Morgan fingerprint density at radius 1 is 1.06 bits per heavy atom. The van der Waals surface area contributed by atoms with E-state index >= 15 is 0 Å². The van der Waals surface area contributed by atoms with Crippen LogP contribution in [0.3, 0.4) is 0 Å². The Morgan fingerprint density at radius 3 is 2.48 bits per heavy atom. The molecule has 0 saturated carbocycles. The van der Waals surface area contributed by atoms with E-state index in [0.29, 0.717) is 30.4 Å². The minimum absolute atomic E-state index is 0.00390. The number of piperazine rings is 1. The number of rotatable bonds is 4. The number of hydrogen-bond acceptors (Lipinski definition) is 5. The van der Waals surface area contributed by atoms with Crippen LogP contribution in [0, 0.1) is 0 Å². The molecule has 1 fully saturated rings. The predicted molar refractivity (Wildman–Crippen MR) is 119 cm³/mol. The fourth-order valence-corrected chi connectivity index (χ4v) is 4.00. The Kier molecular flexibility index (Phi) is 5.79. The van der Waals surface area contributed by atoms with Gasteiger partial charge in [0.25, 0.3) is 11.8 Å². The molecule has 0 unspecified atom stereocenters. The predicted octanol–water partition coefficient (Wildman–Crippen LogP) is 3.28. The standard InChI is InChI=1S/C24H31N3O4/c1-5-25-10-12-26(13-11-25)23(29)21-9-7-18(31-21)15-27-19-14-17(24(2,3)4)6-8-20(19)30-16-22(27)28/h6-9,14H,5,10-13,15-16H2,1-4H3. The van der Waals surface area contributed by atoms with Crippen LogP contribution in [0.15, 0.2) is 34.7 Å². The first-order valence-corrected chi connectivity index (χ1v) is 10.9. The minimum Gasteiger partial charge on any atom is -0.482 e. The van der Waals surface area contributed by atoms with E-state index in [1.54, 1.807) is 17.0 Å². The number of amides is 2. The summed E-state index contributed by atoms with van der Waals surface area (Å²) in [5.74, 6) is 1.37. The summed E-state index contributed by atoms with van der Waals surface area (Å²) in [4.78, 5) is 31.3. The SMILES string of the molecule is CCN1CCN(C(=O)c2ccc(CN3C(=O)COc4ccc(C(C)(C)C)cc43)o2)CC1. The van der Waals surface area contributed by atoms with Crippen LogP contribution in [0.2, 0.25) is 0 Å². The molecule has 4 rings (SSSR count). The lowest BCUT2D eigenvalue weighted by molar-refractivity contribution is -0.121. The Labute approximate surface area is 183 Å². The van der Waals surface area contributed by atoms with Gasteiger partial charge in [-0.2, -0.15) is 0 Å². The largest absolute Gasteiger partial charge is 0.482 e. The van der Waals surface area contributed by atoms with Crippen molar-refractivity contribution in [3.8, 4) is 5.75 Å². The van der Waals surface area contributed by atoms with E-state index in [1.165, 1.54) is 0 Å². The van der Waals surface area contributed by atoms with Gasteiger partial charge in [-0.1, -0.05) is 33.8 Å². The van der Waals surface area contributed by atoms with Crippen molar-refractivity contribution in [2.75, 3.05) is 44.2 Å². The zero-order valence-corrected chi connectivity index (χ0v) is 18.8. The van der Waals surface area contributed by atoms with Gasteiger partial charge in [-0.15, -0.1) is 0 Å². The zero-order valence-electron chi connectivity index (χ0n) is 18.8. The van der Waals surface area contributed by atoms with Crippen molar-refractivity contribution in [3.63, 3.8) is 0 Å². The summed E-state index contributed by atoms with van der Waals surface area (Å²) in [5.41, 5.74) is 1.81. The zero-order chi connectivity index (χ0) is 22.2. The molecule has 3 heterocycles. The summed E-state index contributed by atoms with van der Waals surface area (Å²) >= 11 is 0. The maximum Gasteiger partial charge on any atom is 0.289 e. The number of carbonyl (C=O) groups excluding carboxylic acids is 2. The number of nitrogens with zero attached hydrogens (tertiary/aromatic N) is 3. The quantitative estimate of drug-likeness (QED) is 0.752. The van der Waals surface area contributed by atoms with Crippen LogP contribution in [-0.4, -0.2) is 60.9 Å². The fraction of sp³-hybridized carbons (Fsp3) is 0.500. The van der Waals surface area contributed by atoms with Gasteiger partial charge in [0, 0.05) is 26.2 Å². The number of ether oxygens (including phenoxy) is 1. The van der Waals surface area contributed by atoms with Gasteiger partial charge < -0.3 is 19.0 Å². The summed E-state index contributed by atoms with van der Waals surface area (Å²) in [7, 11) is 0. The number of anilines is 1. The number of fused-ring (bicyclic) bond motifs is 1. The normalized spacial score (nSPS) is 17.5. The first kappa shape index (κ1) is 21.4. The van der Waals surface area contributed by atoms with E-state index in [1.807, 2.05) is 23.1 Å². The molecule has 1 saturated heterocycles. The maximum absolute atomic E-state index is 12.8. The van der Waals surface area contributed by atoms with E-state index in [-0.39, 0.29) is 30.4 Å². The van der Waals surface area contributed by atoms with Crippen LogP contribution >= 0.6 is 0 Å². The summed E-state index contributed by atoms with van der Waals surface area (Å²) in [6.45, 7) is 13.0. The fourth-order valence-electron chi connectivity index (χ4n) is 4.00. The van der Waals surface area contributed by atoms with E-state index in [2.05, 4.69) is 32.6 Å². The van der Waals surface area contributed by atoms with Crippen LogP contribution in [0.5, 0.6) is 5.75 Å². The minimum atomic E-state index is -0.126. The molecule has 0 spiro atoms. The average molecular weight is 426 g/mol. The summed E-state index contributed by atoms with van der Waals surface area (Å²) in [6.07, 6.45) is 0. The second-order valence-corrected chi connectivity index (χ2v) is 9.19. The van der Waals surface area contributed by atoms with Crippen molar-refractivity contribution in [1.82, 2.24) is 9.80 Å². The summed E-state index contributed by atoms with van der Waals surface area (Å²) in [6, 6.07) is 9.46. The summed E-state index contributed by atoms with van der Waals surface area (Å²) < 4.78 is 11.5. The number of likely N-dealkylation sites (N-methyl/N-ethyl adjacent to an activating group) is 1. The number of hydrogen-bond donors (Lipinski definition) is 0. The lowest BCUT2D eigenvalue weighted by Crippen LogP contribution is -2.48. The molecule has 7 nitrogen and oxygen atoms in total. The molecule has 0 atom stereocenters. The Balaban J connectivity index is 1.51. The highest BCUT2D eigenvalue weighted by Gasteiger charge is 2.29. The van der Waals surface area contributed by atoms with E-state index in [9.17, 15) is 9.59 Å². The molecule has 1 aromatic heterocycles. The molecule has 0 N–H and O–H groups in total. The van der Waals surface area contributed by atoms with Crippen molar-refractivity contribution in [2.24, 2.45) is 0 Å². The first-order chi connectivity index (χ1) is 14.8. The Hall–Kier alpha value is -2.80. The average Bonchev–Trinajstić information content (AvgIpc) is 3.23. The Bertz CT molecular complexity index is 967. The molecule has 7 heteroatoms. The molecule has 1 aromatic carbocycles. The third kappa shape index (κ3) is 4.46. The van der Waals surface area contributed by atoms with Crippen LogP contribution < -0.4 is 9.64 Å². The van der Waals surface area contributed by atoms with Gasteiger partial charge in [0.1, 0.15) is 11.5 Å². The highest BCUT2D eigenvalue weighted by Crippen LogP contribution is 2.37. The van der Waals surface area contributed by atoms with Gasteiger partial charge in [0.15, 0.2) is 12.4 Å². The third-order valence-corrected chi connectivity index (χ3v) is 6.06. The monoisotopic (exact) mass is 425 g/mol. The molecular weight excluding hydrogens is 394 g/mol. The highest BCUT2D eigenvalue weighted by molar-refractivity contribution is 5.98. The molecule has 2 aliphatic heterocycles. The highest BCUT2D eigenvalue weighted by atomic mass is 16.5. The molecular formula is C24H31N3O4. The van der Waals surface area contributed by atoms with Gasteiger partial charge in [0.2, 0.25) is 0 Å². The Morgan fingerprint density at radius 2 is 1.81 bits per heavy atom. The van der Waals surface area contributed by atoms with Crippen LogP contribution in [0.4, 0.5) is 5.69 Å². The molecule has 2 aliphatic rings. The van der Waals surface area contributed by atoms with Crippen LogP contribution in [0.25, 0.3) is 0 Å². The summed E-state index contributed by atoms with van der Waals surface area (Å²) in [5, 5.41) is 0. The van der Waals surface area contributed by atoms with Crippen molar-refractivity contribution in [3.05, 3.63) is 47.4 Å². The molecule has 166 valence electrons. The second kappa shape index (κ2) is 8.38. The topological polar surface area (TPSA) is 66.2 Å². The van der Waals surface area contributed by atoms with Crippen molar-refractivity contribution >= 4 is 17.5 Å². The van der Waals surface area contributed by atoms with E-state index < -0.39 is 0 Å². The van der Waals surface area contributed by atoms with Crippen LogP contribution in [-0.2, 0) is 16.8 Å². The van der Waals surface area contributed by atoms with Crippen molar-refractivity contribution in [1.29, 1.82) is 0 Å². The molecule has 2 amide bonds. The molecule has 31 heavy (non-hydrogen) atoms. The molecule has 0 bridgehead atoms. The van der Waals surface area contributed by atoms with Gasteiger partial charge >= 0.3 is 0 Å². The van der Waals surface area contributed by atoms with Gasteiger partial charge in [-0.3, -0.25) is 14.5 Å². The van der Waals surface area contributed by atoms with Crippen molar-refractivity contribution in [2.45, 2.75) is 39.7 Å². The number of carbonyl (C=O) groups is 2. The van der Waals surface area contributed by atoms with Gasteiger partial charge in [0.05, 0.1) is 12.2 Å². The molecule has 2 aromatic rings. The third-order valence-electron chi connectivity index (χ3n) is 6.06. The van der Waals surface area contributed by atoms with E-state index in [4.69, 9.17) is 9.15 Å². The maximum atomic E-state index is 12.8. The first-order valence-electron chi connectivity index (χ1n) is 10.9. The van der Waals surface area contributed by atoms with Crippen LogP contribution in [0.1, 0.15) is 49.6 Å².